The predicted molar refractivity (Wildman–Crippen MR) is 50.8 cm³/mol. The van der Waals surface area contributed by atoms with Gasteiger partial charge in [0, 0.05) is 10.9 Å². The molecular weight excluding hydrogens is 172 g/mol. The zero-order valence-corrected chi connectivity index (χ0v) is 8.44. The third-order valence-corrected chi connectivity index (χ3v) is 2.70. The molecule has 1 atom stereocenters. The number of aryl methyl sites for hydroxylation is 1. The van der Waals surface area contributed by atoms with Crippen molar-refractivity contribution in [2.24, 2.45) is 5.73 Å². The lowest BCUT2D eigenvalue weighted by Crippen LogP contribution is -2.17. The molecule has 0 saturated carbocycles. The van der Waals surface area contributed by atoms with E-state index in [4.69, 9.17) is 10.5 Å². The van der Waals surface area contributed by atoms with Crippen LogP contribution in [0.4, 0.5) is 0 Å². The smallest absolute Gasteiger partial charge is 0.273 e. The van der Waals surface area contributed by atoms with Crippen LogP contribution in [-0.4, -0.2) is 18.1 Å². The monoisotopic (exact) mass is 186 g/mol. The third kappa shape index (κ3) is 2.19. The fraction of sp³-hybridized carbons (Fsp3) is 0.625. The van der Waals surface area contributed by atoms with Gasteiger partial charge in [-0.1, -0.05) is 11.3 Å². The Kier molecular flexibility index (Phi) is 3.05. The normalized spacial score (nSPS) is 13.0. The summed E-state index contributed by atoms with van der Waals surface area (Å²) in [7, 11) is 1.63. The summed E-state index contributed by atoms with van der Waals surface area (Å²) < 4.78 is 5.02. The van der Waals surface area contributed by atoms with Crippen LogP contribution in [0.2, 0.25) is 0 Å². The molecule has 0 radical (unpaired) electrons. The molecule has 0 aliphatic heterocycles. The van der Waals surface area contributed by atoms with E-state index in [1.807, 2.05) is 13.8 Å². The van der Waals surface area contributed by atoms with Crippen molar-refractivity contribution < 1.29 is 4.74 Å². The van der Waals surface area contributed by atoms with Gasteiger partial charge in [-0.15, -0.1) is 0 Å². The predicted octanol–water partition coefficient (Wildman–Crippen LogP) is 1.35. The second kappa shape index (κ2) is 3.87. The average Bonchev–Trinajstić information content (AvgIpc) is 2.31. The first-order valence-corrected chi connectivity index (χ1v) is 4.71. The maximum Gasteiger partial charge on any atom is 0.273 e. The van der Waals surface area contributed by atoms with Crippen molar-refractivity contribution in [3.63, 3.8) is 0 Å². The number of hydrogen-bond acceptors (Lipinski definition) is 4. The van der Waals surface area contributed by atoms with E-state index in [1.165, 1.54) is 4.88 Å². The van der Waals surface area contributed by atoms with Crippen molar-refractivity contribution in [2.45, 2.75) is 26.3 Å². The number of thiazole rings is 1. The summed E-state index contributed by atoms with van der Waals surface area (Å²) >= 11 is 1.57. The van der Waals surface area contributed by atoms with Gasteiger partial charge in [-0.2, -0.15) is 0 Å². The van der Waals surface area contributed by atoms with E-state index in [1.54, 1.807) is 18.4 Å². The largest absolute Gasteiger partial charge is 0.473 e. The van der Waals surface area contributed by atoms with Crippen LogP contribution in [0.5, 0.6) is 5.19 Å². The number of methoxy groups -OCH3 is 1. The summed E-state index contributed by atoms with van der Waals surface area (Å²) in [5, 5.41) is 0.725. The van der Waals surface area contributed by atoms with Crippen molar-refractivity contribution in [3.8, 4) is 5.19 Å². The molecule has 2 N–H and O–H groups in total. The van der Waals surface area contributed by atoms with Crippen LogP contribution in [0.25, 0.3) is 0 Å². The van der Waals surface area contributed by atoms with E-state index < -0.39 is 0 Å². The van der Waals surface area contributed by atoms with Crippen LogP contribution in [0.15, 0.2) is 0 Å². The summed E-state index contributed by atoms with van der Waals surface area (Å²) in [5.41, 5.74) is 6.72. The maximum atomic E-state index is 5.68. The van der Waals surface area contributed by atoms with E-state index in [-0.39, 0.29) is 6.04 Å². The molecular formula is C8H14N2OS. The van der Waals surface area contributed by atoms with Gasteiger partial charge in [-0.3, -0.25) is 0 Å². The second-order valence-electron chi connectivity index (χ2n) is 2.87. The topological polar surface area (TPSA) is 48.1 Å². The average molecular weight is 186 g/mol. The number of ether oxygens (including phenoxy) is 1. The molecule has 0 aromatic carbocycles. The van der Waals surface area contributed by atoms with Gasteiger partial charge in [0.1, 0.15) is 0 Å². The first kappa shape index (κ1) is 9.48. The van der Waals surface area contributed by atoms with Gasteiger partial charge in [0.05, 0.1) is 12.8 Å². The van der Waals surface area contributed by atoms with Gasteiger partial charge in [-0.05, 0) is 20.3 Å². The number of nitrogens with two attached hydrogens (primary N) is 1. The summed E-state index contributed by atoms with van der Waals surface area (Å²) in [6, 6.07) is 0.189. The van der Waals surface area contributed by atoms with Crippen molar-refractivity contribution in [1.82, 2.24) is 4.98 Å². The molecule has 0 amide bonds. The highest BCUT2D eigenvalue weighted by molar-refractivity contribution is 7.13. The Bertz CT molecular complexity index is 258. The Morgan fingerprint density at radius 1 is 1.67 bits per heavy atom. The molecule has 12 heavy (non-hydrogen) atoms. The lowest BCUT2D eigenvalue weighted by atomic mass is 10.2. The standard InChI is InChI=1S/C8H14N2OS/c1-5(9)4-7-6(2)10-8(11-3)12-7/h5H,4,9H2,1-3H3. The Hall–Kier alpha value is -0.610. The van der Waals surface area contributed by atoms with E-state index in [9.17, 15) is 0 Å². The molecule has 0 fully saturated rings. The van der Waals surface area contributed by atoms with Crippen LogP contribution in [0.3, 0.4) is 0 Å². The van der Waals surface area contributed by atoms with Crippen molar-refractivity contribution >= 4 is 11.3 Å². The highest BCUT2D eigenvalue weighted by Gasteiger charge is 2.08. The number of aromatic nitrogens is 1. The van der Waals surface area contributed by atoms with Crippen LogP contribution in [0.1, 0.15) is 17.5 Å². The van der Waals surface area contributed by atoms with Crippen molar-refractivity contribution in [2.75, 3.05) is 7.11 Å². The number of hydrogen-bond donors (Lipinski definition) is 1. The molecule has 68 valence electrons. The van der Waals surface area contributed by atoms with E-state index in [2.05, 4.69) is 4.98 Å². The summed E-state index contributed by atoms with van der Waals surface area (Å²) in [4.78, 5) is 5.45. The Balaban J connectivity index is 2.77. The third-order valence-electron chi connectivity index (χ3n) is 1.56. The molecule has 0 aliphatic carbocycles. The van der Waals surface area contributed by atoms with E-state index >= 15 is 0 Å². The second-order valence-corrected chi connectivity index (χ2v) is 3.92. The molecule has 4 heteroatoms. The van der Waals surface area contributed by atoms with Gasteiger partial charge >= 0.3 is 0 Å². The molecule has 3 nitrogen and oxygen atoms in total. The van der Waals surface area contributed by atoms with Crippen molar-refractivity contribution in [1.29, 1.82) is 0 Å². The zero-order chi connectivity index (χ0) is 9.14. The van der Waals surface area contributed by atoms with Crippen LogP contribution < -0.4 is 10.5 Å². The molecule has 0 aliphatic rings. The van der Waals surface area contributed by atoms with Crippen molar-refractivity contribution in [3.05, 3.63) is 10.6 Å². The number of rotatable bonds is 3. The highest BCUT2D eigenvalue weighted by atomic mass is 32.1. The molecule has 1 rings (SSSR count). The first-order valence-electron chi connectivity index (χ1n) is 3.89. The Labute approximate surface area is 76.6 Å². The van der Waals surface area contributed by atoms with Gasteiger partial charge < -0.3 is 10.5 Å². The van der Waals surface area contributed by atoms with E-state index in [0.717, 1.165) is 17.3 Å². The van der Waals surface area contributed by atoms with Gasteiger partial charge in [-0.25, -0.2) is 4.98 Å². The fourth-order valence-corrected chi connectivity index (χ4v) is 1.99. The lowest BCUT2D eigenvalue weighted by molar-refractivity contribution is 0.411. The summed E-state index contributed by atoms with van der Waals surface area (Å²) in [6.45, 7) is 3.97. The molecule has 0 saturated heterocycles. The molecule has 1 aromatic heterocycles. The van der Waals surface area contributed by atoms with Gasteiger partial charge in [0.15, 0.2) is 0 Å². The van der Waals surface area contributed by atoms with Crippen LogP contribution in [0, 0.1) is 6.92 Å². The number of nitrogens with zero attached hydrogens (tertiary/aromatic N) is 1. The minimum atomic E-state index is 0.189. The molecule has 1 aromatic rings. The summed E-state index contributed by atoms with van der Waals surface area (Å²) in [6.07, 6.45) is 0.882. The lowest BCUT2D eigenvalue weighted by Gasteiger charge is -2.00. The molecule has 1 unspecified atom stereocenters. The summed E-state index contributed by atoms with van der Waals surface area (Å²) in [5.74, 6) is 0. The van der Waals surface area contributed by atoms with E-state index in [0.29, 0.717) is 0 Å². The minimum absolute atomic E-state index is 0.189. The Morgan fingerprint density at radius 3 is 2.75 bits per heavy atom. The zero-order valence-electron chi connectivity index (χ0n) is 7.63. The highest BCUT2D eigenvalue weighted by Crippen LogP contribution is 2.24. The molecule has 1 heterocycles. The van der Waals surface area contributed by atoms with Gasteiger partial charge in [0.25, 0.3) is 5.19 Å². The maximum absolute atomic E-state index is 5.68. The van der Waals surface area contributed by atoms with Crippen LogP contribution >= 0.6 is 11.3 Å². The van der Waals surface area contributed by atoms with Crippen LogP contribution in [-0.2, 0) is 6.42 Å². The first-order chi connectivity index (χ1) is 5.63. The fourth-order valence-electron chi connectivity index (χ4n) is 0.970. The van der Waals surface area contributed by atoms with Gasteiger partial charge in [0.2, 0.25) is 0 Å². The minimum Gasteiger partial charge on any atom is -0.473 e. The molecule has 0 bridgehead atoms. The Morgan fingerprint density at radius 2 is 2.33 bits per heavy atom. The molecule has 0 spiro atoms. The quantitative estimate of drug-likeness (QED) is 0.775. The SMILES string of the molecule is COc1nc(C)c(CC(C)N)s1.